The van der Waals surface area contributed by atoms with E-state index in [1.165, 1.54) is 4.90 Å². The number of hydrogen-bond donors (Lipinski definition) is 1. The highest BCUT2D eigenvalue weighted by molar-refractivity contribution is 6.03. The van der Waals surface area contributed by atoms with Crippen molar-refractivity contribution in [1.82, 2.24) is 0 Å². The highest BCUT2D eigenvalue weighted by atomic mass is 16.5. The second-order valence-electron chi connectivity index (χ2n) is 6.92. The van der Waals surface area contributed by atoms with Crippen molar-refractivity contribution >= 4 is 29.0 Å². The van der Waals surface area contributed by atoms with Crippen molar-refractivity contribution in [1.29, 1.82) is 0 Å². The minimum atomic E-state index is -0.284. The molecule has 3 rings (SSSR count). The van der Waals surface area contributed by atoms with Crippen LogP contribution >= 0.6 is 0 Å². The van der Waals surface area contributed by atoms with E-state index >= 15 is 0 Å². The maximum atomic E-state index is 12.6. The molecule has 2 amide bonds. The van der Waals surface area contributed by atoms with Crippen LogP contribution in [0.3, 0.4) is 0 Å². The Morgan fingerprint density at radius 3 is 2.52 bits per heavy atom. The molecule has 8 nitrogen and oxygen atoms in total. The highest BCUT2D eigenvalue weighted by Gasteiger charge is 2.23. The predicted molar refractivity (Wildman–Crippen MR) is 116 cm³/mol. The van der Waals surface area contributed by atoms with Crippen molar-refractivity contribution in [3.05, 3.63) is 42.0 Å². The number of carbonyl (C=O) groups is 3. The molecule has 1 heterocycles. The predicted octanol–water partition coefficient (Wildman–Crippen LogP) is 3.44. The molecule has 0 unspecified atom stereocenters. The Bertz CT molecular complexity index is 988. The number of nitrogens with zero attached hydrogens (tertiary/aromatic N) is 1. The molecule has 0 bridgehead atoms. The summed E-state index contributed by atoms with van der Waals surface area (Å²) in [7, 11) is 1.64. The lowest BCUT2D eigenvalue weighted by molar-refractivity contribution is -0.121. The van der Waals surface area contributed by atoms with E-state index in [9.17, 15) is 14.4 Å². The van der Waals surface area contributed by atoms with Crippen LogP contribution in [0.1, 0.15) is 37.0 Å². The van der Waals surface area contributed by atoms with Crippen molar-refractivity contribution in [3.63, 3.8) is 0 Å². The second kappa shape index (κ2) is 9.97. The van der Waals surface area contributed by atoms with Crippen molar-refractivity contribution in [2.45, 2.75) is 26.7 Å². The number of anilines is 2. The zero-order valence-electron chi connectivity index (χ0n) is 17.9. The monoisotopic (exact) mass is 426 g/mol. The molecule has 8 heteroatoms. The molecule has 0 fully saturated rings. The Kier molecular flexibility index (Phi) is 7.12. The fourth-order valence-electron chi connectivity index (χ4n) is 3.17. The molecule has 31 heavy (non-hydrogen) atoms. The smallest absolute Gasteiger partial charge is 0.264 e. The largest absolute Gasteiger partial charge is 0.490 e. The van der Waals surface area contributed by atoms with Gasteiger partial charge in [-0.1, -0.05) is 0 Å². The number of Topliss-reactive ketones (excluding diaryl/α,β-unsaturated/α-hetero) is 1. The Morgan fingerprint density at radius 2 is 1.77 bits per heavy atom. The first kappa shape index (κ1) is 22.1. The van der Waals surface area contributed by atoms with Gasteiger partial charge in [0.15, 0.2) is 23.9 Å². The molecule has 164 valence electrons. The standard InChI is InChI=1S/C23H26N2O6/c1-4-29-20-10-7-16(13-21(20)30-5-2)24-22(27)11-8-18(26)15-6-9-19-17(12-15)25(3)23(28)14-31-19/h6-7,9-10,12-13H,4-5,8,11,14H2,1-3H3,(H,24,27). The lowest BCUT2D eigenvalue weighted by atomic mass is 10.0. The number of carbonyl (C=O) groups excluding carboxylic acids is 3. The van der Waals surface area contributed by atoms with Crippen LogP contribution in [0.4, 0.5) is 11.4 Å². The molecule has 2 aromatic rings. The Hall–Kier alpha value is -3.55. The number of nitrogens with one attached hydrogen (secondary N) is 1. The molecule has 0 atom stereocenters. The molecule has 0 radical (unpaired) electrons. The number of fused-ring (bicyclic) bond motifs is 1. The Balaban J connectivity index is 1.60. The van der Waals surface area contributed by atoms with Gasteiger partial charge in [-0.2, -0.15) is 0 Å². The minimum absolute atomic E-state index is 0.0203. The zero-order valence-corrected chi connectivity index (χ0v) is 17.9. The van der Waals surface area contributed by atoms with E-state index in [1.54, 1.807) is 43.4 Å². The first-order valence-corrected chi connectivity index (χ1v) is 10.2. The second-order valence-corrected chi connectivity index (χ2v) is 6.92. The van der Waals surface area contributed by atoms with E-state index in [2.05, 4.69) is 5.32 Å². The van der Waals surface area contributed by atoms with E-state index in [4.69, 9.17) is 14.2 Å². The summed E-state index contributed by atoms with van der Waals surface area (Å²) < 4.78 is 16.4. The number of likely N-dealkylation sites (N-methyl/N-ethyl adjacent to an activating group) is 1. The number of ether oxygens (including phenoxy) is 3. The van der Waals surface area contributed by atoms with Gasteiger partial charge < -0.3 is 24.4 Å². The summed E-state index contributed by atoms with van der Waals surface area (Å²) in [4.78, 5) is 38.2. The molecule has 1 aliphatic heterocycles. The molecule has 0 aliphatic carbocycles. The van der Waals surface area contributed by atoms with Gasteiger partial charge in [-0.05, 0) is 44.2 Å². The van der Waals surface area contributed by atoms with Crippen LogP contribution in [0.25, 0.3) is 0 Å². The van der Waals surface area contributed by atoms with E-state index in [-0.39, 0.29) is 37.0 Å². The number of hydrogen-bond acceptors (Lipinski definition) is 6. The van der Waals surface area contributed by atoms with Gasteiger partial charge in [0, 0.05) is 37.2 Å². The molecule has 0 saturated heterocycles. The maximum absolute atomic E-state index is 12.6. The molecular weight excluding hydrogens is 400 g/mol. The summed E-state index contributed by atoms with van der Waals surface area (Å²) in [6.07, 6.45) is 0.0663. The quantitative estimate of drug-likeness (QED) is 0.618. The Labute approximate surface area is 181 Å². The van der Waals surface area contributed by atoms with Crippen LogP contribution < -0.4 is 24.4 Å². The van der Waals surface area contributed by atoms with Gasteiger partial charge >= 0.3 is 0 Å². The van der Waals surface area contributed by atoms with E-state index in [0.29, 0.717) is 47.4 Å². The van der Waals surface area contributed by atoms with E-state index < -0.39 is 0 Å². The topological polar surface area (TPSA) is 94.2 Å². The SMILES string of the molecule is CCOc1ccc(NC(=O)CCC(=O)c2ccc3c(c2)N(C)C(=O)CO3)cc1OCC. The number of ketones is 1. The first-order valence-electron chi connectivity index (χ1n) is 10.2. The van der Waals surface area contributed by atoms with Gasteiger partial charge in [0.05, 0.1) is 18.9 Å². The van der Waals surface area contributed by atoms with Gasteiger partial charge in [0.1, 0.15) is 5.75 Å². The molecule has 0 saturated carbocycles. The highest BCUT2D eigenvalue weighted by Crippen LogP contribution is 2.33. The third-order valence-electron chi connectivity index (χ3n) is 4.77. The van der Waals surface area contributed by atoms with E-state index in [1.807, 2.05) is 13.8 Å². The van der Waals surface area contributed by atoms with Crippen LogP contribution in [0.2, 0.25) is 0 Å². The normalized spacial score (nSPS) is 12.6. The summed E-state index contributed by atoms with van der Waals surface area (Å²) in [6.45, 7) is 4.71. The van der Waals surface area contributed by atoms with E-state index in [0.717, 1.165) is 0 Å². The summed E-state index contributed by atoms with van der Waals surface area (Å²) >= 11 is 0. The molecular formula is C23H26N2O6. The first-order chi connectivity index (χ1) is 14.9. The fraction of sp³-hybridized carbons (Fsp3) is 0.348. The van der Waals surface area contributed by atoms with Crippen molar-refractivity contribution in [3.8, 4) is 17.2 Å². The zero-order chi connectivity index (χ0) is 22.4. The van der Waals surface area contributed by atoms with Crippen molar-refractivity contribution < 1.29 is 28.6 Å². The van der Waals surface area contributed by atoms with Gasteiger partial charge in [-0.3, -0.25) is 14.4 Å². The molecule has 1 N–H and O–H groups in total. The number of benzene rings is 2. The van der Waals surface area contributed by atoms with Crippen LogP contribution in [0.5, 0.6) is 17.2 Å². The number of amides is 2. The molecule has 2 aromatic carbocycles. The van der Waals surface area contributed by atoms with Crippen molar-refractivity contribution in [2.24, 2.45) is 0 Å². The lowest BCUT2D eigenvalue weighted by Gasteiger charge is -2.26. The fourth-order valence-corrected chi connectivity index (χ4v) is 3.17. The molecule has 1 aliphatic rings. The summed E-state index contributed by atoms with van der Waals surface area (Å²) in [5.41, 5.74) is 1.54. The minimum Gasteiger partial charge on any atom is -0.490 e. The lowest BCUT2D eigenvalue weighted by Crippen LogP contribution is -2.35. The summed E-state index contributed by atoms with van der Waals surface area (Å²) in [5.74, 6) is 1.06. The molecule has 0 spiro atoms. The third-order valence-corrected chi connectivity index (χ3v) is 4.77. The average molecular weight is 426 g/mol. The van der Waals surface area contributed by atoms with Gasteiger partial charge in [0.2, 0.25) is 5.91 Å². The van der Waals surface area contributed by atoms with Gasteiger partial charge in [0.25, 0.3) is 5.91 Å². The summed E-state index contributed by atoms with van der Waals surface area (Å²) in [6, 6.07) is 10.1. The summed E-state index contributed by atoms with van der Waals surface area (Å²) in [5, 5.41) is 2.78. The number of rotatable bonds is 9. The molecule has 0 aromatic heterocycles. The van der Waals surface area contributed by atoms with Crippen LogP contribution in [-0.2, 0) is 9.59 Å². The van der Waals surface area contributed by atoms with Crippen LogP contribution in [-0.4, -0.2) is 44.5 Å². The third kappa shape index (κ3) is 5.33. The maximum Gasteiger partial charge on any atom is 0.264 e. The average Bonchev–Trinajstić information content (AvgIpc) is 2.76. The van der Waals surface area contributed by atoms with Crippen LogP contribution in [0, 0.1) is 0 Å². The van der Waals surface area contributed by atoms with Crippen LogP contribution in [0.15, 0.2) is 36.4 Å². The van der Waals surface area contributed by atoms with Crippen molar-refractivity contribution in [2.75, 3.05) is 37.1 Å². The Morgan fingerprint density at radius 1 is 1.03 bits per heavy atom. The van der Waals surface area contributed by atoms with Gasteiger partial charge in [-0.15, -0.1) is 0 Å². The van der Waals surface area contributed by atoms with Gasteiger partial charge in [-0.25, -0.2) is 0 Å².